The lowest BCUT2D eigenvalue weighted by molar-refractivity contribution is -0.118. The number of nitrogens with one attached hydrogen (secondary N) is 1. The molecule has 25 heavy (non-hydrogen) atoms. The number of nitrogens with zero attached hydrogens (tertiary/aromatic N) is 3. The van der Waals surface area contributed by atoms with Crippen molar-refractivity contribution in [3.63, 3.8) is 0 Å². The summed E-state index contributed by atoms with van der Waals surface area (Å²) in [5, 5.41) is 12.2. The van der Waals surface area contributed by atoms with Crippen molar-refractivity contribution < 1.29 is 13.9 Å². The number of furan rings is 1. The zero-order chi connectivity index (χ0) is 17.6. The zero-order valence-corrected chi connectivity index (χ0v) is 15.4. The summed E-state index contributed by atoms with van der Waals surface area (Å²) in [4.78, 5) is 12.1. The second kappa shape index (κ2) is 8.53. The van der Waals surface area contributed by atoms with E-state index in [0.717, 1.165) is 42.7 Å². The molecular formula is C17H24N4O3S. The highest BCUT2D eigenvalue weighted by atomic mass is 32.2. The number of hydrogen-bond donors (Lipinski definition) is 1. The van der Waals surface area contributed by atoms with Crippen LogP contribution in [0.25, 0.3) is 0 Å². The first kappa shape index (κ1) is 18.0. The first-order chi connectivity index (χ1) is 12.1. The molecule has 2 aromatic rings. The van der Waals surface area contributed by atoms with Crippen molar-refractivity contribution in [2.45, 2.75) is 57.0 Å². The topological polar surface area (TPSA) is 82.2 Å². The van der Waals surface area contributed by atoms with Crippen LogP contribution in [0.5, 0.6) is 0 Å². The van der Waals surface area contributed by atoms with Gasteiger partial charge in [0.25, 0.3) is 0 Å². The van der Waals surface area contributed by atoms with Crippen LogP contribution in [0, 0.1) is 0 Å². The number of thioether (sulfide) groups is 1. The molecule has 1 atom stereocenters. The molecule has 0 saturated carbocycles. The van der Waals surface area contributed by atoms with E-state index in [2.05, 4.69) is 33.9 Å². The SMILES string of the molecule is CC(C)c1nnc(SCC(=O)NCc2ccco2)n1CC1CCCO1. The molecule has 1 aliphatic rings. The van der Waals surface area contributed by atoms with Crippen LogP contribution >= 0.6 is 11.8 Å². The summed E-state index contributed by atoms with van der Waals surface area (Å²) in [6, 6.07) is 3.64. The first-order valence-corrected chi connectivity index (χ1v) is 9.58. The molecule has 1 unspecified atom stereocenters. The number of rotatable bonds is 8. The van der Waals surface area contributed by atoms with Crippen LogP contribution in [0.3, 0.4) is 0 Å². The van der Waals surface area contributed by atoms with Crippen molar-refractivity contribution in [1.82, 2.24) is 20.1 Å². The second-order valence-corrected chi connectivity index (χ2v) is 7.33. The third-order valence-corrected chi connectivity index (χ3v) is 5.01. The van der Waals surface area contributed by atoms with Gasteiger partial charge in [-0.1, -0.05) is 25.6 Å². The van der Waals surface area contributed by atoms with Gasteiger partial charge in [-0.2, -0.15) is 0 Å². The molecule has 3 heterocycles. The summed E-state index contributed by atoms with van der Waals surface area (Å²) in [7, 11) is 0. The summed E-state index contributed by atoms with van der Waals surface area (Å²) < 4.78 is 13.1. The fourth-order valence-electron chi connectivity index (χ4n) is 2.78. The van der Waals surface area contributed by atoms with Gasteiger partial charge in [-0.3, -0.25) is 4.79 Å². The molecule has 8 heteroatoms. The van der Waals surface area contributed by atoms with Crippen molar-refractivity contribution in [3.8, 4) is 0 Å². The normalized spacial score (nSPS) is 17.3. The van der Waals surface area contributed by atoms with Crippen LogP contribution in [0.15, 0.2) is 28.0 Å². The maximum absolute atomic E-state index is 12.1. The van der Waals surface area contributed by atoms with Crippen molar-refractivity contribution in [1.29, 1.82) is 0 Å². The Balaban J connectivity index is 1.58. The molecule has 1 fully saturated rings. The van der Waals surface area contributed by atoms with Crippen molar-refractivity contribution in [3.05, 3.63) is 30.0 Å². The fraction of sp³-hybridized carbons (Fsp3) is 0.588. The lowest BCUT2D eigenvalue weighted by atomic mass is 10.2. The Morgan fingerprint density at radius 3 is 3.04 bits per heavy atom. The van der Waals surface area contributed by atoms with Gasteiger partial charge in [-0.15, -0.1) is 10.2 Å². The predicted octanol–water partition coefficient (Wildman–Crippen LogP) is 2.58. The van der Waals surface area contributed by atoms with Gasteiger partial charge < -0.3 is 19.0 Å². The Kier molecular flexibility index (Phi) is 6.14. The minimum atomic E-state index is -0.0563. The fourth-order valence-corrected chi connectivity index (χ4v) is 3.56. The Hall–Kier alpha value is -1.80. The van der Waals surface area contributed by atoms with E-state index in [0.29, 0.717) is 12.3 Å². The van der Waals surface area contributed by atoms with Crippen molar-refractivity contribution in [2.75, 3.05) is 12.4 Å². The minimum absolute atomic E-state index is 0.0563. The molecule has 0 bridgehead atoms. The largest absolute Gasteiger partial charge is 0.467 e. The van der Waals surface area contributed by atoms with E-state index in [1.165, 1.54) is 11.8 Å². The van der Waals surface area contributed by atoms with E-state index in [1.807, 2.05) is 6.07 Å². The quantitative estimate of drug-likeness (QED) is 0.725. The molecule has 0 radical (unpaired) electrons. The minimum Gasteiger partial charge on any atom is -0.467 e. The molecular weight excluding hydrogens is 340 g/mol. The number of aromatic nitrogens is 3. The van der Waals surface area contributed by atoms with E-state index < -0.39 is 0 Å². The highest BCUT2D eigenvalue weighted by molar-refractivity contribution is 7.99. The van der Waals surface area contributed by atoms with Crippen LogP contribution in [-0.2, 0) is 22.6 Å². The van der Waals surface area contributed by atoms with E-state index in [-0.39, 0.29) is 17.9 Å². The average molecular weight is 364 g/mol. The van der Waals surface area contributed by atoms with Gasteiger partial charge >= 0.3 is 0 Å². The smallest absolute Gasteiger partial charge is 0.230 e. The number of carbonyl (C=O) groups is 1. The zero-order valence-electron chi connectivity index (χ0n) is 14.6. The summed E-state index contributed by atoms with van der Waals surface area (Å²) in [5.74, 6) is 2.19. The van der Waals surface area contributed by atoms with Gasteiger partial charge in [-0.05, 0) is 25.0 Å². The molecule has 1 aliphatic heterocycles. The summed E-state index contributed by atoms with van der Waals surface area (Å²) in [5.41, 5.74) is 0. The van der Waals surface area contributed by atoms with Crippen LogP contribution in [0.4, 0.5) is 0 Å². The Labute approximate surface area is 151 Å². The molecule has 3 rings (SSSR count). The van der Waals surface area contributed by atoms with Crippen LogP contribution in [0.2, 0.25) is 0 Å². The van der Waals surface area contributed by atoms with Crippen LogP contribution in [0.1, 0.15) is 44.2 Å². The predicted molar refractivity (Wildman–Crippen MR) is 94.4 cm³/mol. The molecule has 1 N–H and O–H groups in total. The molecule has 0 spiro atoms. The summed E-state index contributed by atoms with van der Waals surface area (Å²) >= 11 is 1.41. The van der Waals surface area contributed by atoms with Crippen molar-refractivity contribution in [2.24, 2.45) is 0 Å². The average Bonchev–Trinajstić information content (AvgIpc) is 3.33. The third-order valence-electron chi connectivity index (χ3n) is 4.04. The van der Waals surface area contributed by atoms with Gasteiger partial charge in [0.1, 0.15) is 11.6 Å². The van der Waals surface area contributed by atoms with E-state index >= 15 is 0 Å². The standard InChI is InChI=1S/C17H24N4O3S/c1-12(2)16-19-20-17(21(16)10-14-6-4-8-24-14)25-11-15(22)18-9-13-5-3-7-23-13/h3,5,7,12,14H,4,6,8-11H2,1-2H3,(H,18,22). The molecule has 7 nitrogen and oxygen atoms in total. The van der Waals surface area contributed by atoms with Crippen molar-refractivity contribution >= 4 is 17.7 Å². The Bertz CT molecular complexity index is 678. The van der Waals surface area contributed by atoms with E-state index in [1.54, 1.807) is 12.3 Å². The maximum Gasteiger partial charge on any atom is 0.230 e. The first-order valence-electron chi connectivity index (χ1n) is 8.60. The van der Waals surface area contributed by atoms with Gasteiger partial charge in [0.2, 0.25) is 5.91 Å². The molecule has 0 aromatic carbocycles. The Morgan fingerprint density at radius 2 is 2.36 bits per heavy atom. The van der Waals surface area contributed by atoms with Gasteiger partial charge in [0.05, 0.1) is 31.2 Å². The molecule has 2 aromatic heterocycles. The molecule has 1 amide bonds. The molecule has 0 aliphatic carbocycles. The summed E-state index contributed by atoms with van der Waals surface area (Å²) in [6.07, 6.45) is 3.96. The van der Waals surface area contributed by atoms with Crippen LogP contribution in [-0.4, -0.2) is 39.1 Å². The van der Waals surface area contributed by atoms with Gasteiger partial charge in [-0.25, -0.2) is 0 Å². The van der Waals surface area contributed by atoms with Crippen LogP contribution < -0.4 is 5.32 Å². The second-order valence-electron chi connectivity index (χ2n) is 6.39. The molecule has 136 valence electrons. The lowest BCUT2D eigenvalue weighted by Crippen LogP contribution is -2.25. The highest BCUT2D eigenvalue weighted by Crippen LogP contribution is 2.24. The number of hydrogen-bond acceptors (Lipinski definition) is 6. The van der Waals surface area contributed by atoms with Gasteiger partial charge in [0.15, 0.2) is 5.16 Å². The monoisotopic (exact) mass is 364 g/mol. The maximum atomic E-state index is 12.1. The highest BCUT2D eigenvalue weighted by Gasteiger charge is 2.22. The summed E-state index contributed by atoms with van der Waals surface area (Å²) in [6.45, 7) is 6.16. The number of amides is 1. The van der Waals surface area contributed by atoms with Gasteiger partial charge in [0, 0.05) is 12.5 Å². The van der Waals surface area contributed by atoms with E-state index in [4.69, 9.17) is 9.15 Å². The Morgan fingerprint density at radius 1 is 1.48 bits per heavy atom. The van der Waals surface area contributed by atoms with E-state index in [9.17, 15) is 4.79 Å². The third kappa shape index (κ3) is 4.85. The lowest BCUT2D eigenvalue weighted by Gasteiger charge is -2.15. The molecule has 1 saturated heterocycles. The number of ether oxygens (including phenoxy) is 1. The number of carbonyl (C=O) groups excluding carboxylic acids is 1.